The number of hydrogen-bond acceptors (Lipinski definition) is 3. The topological polar surface area (TPSA) is 58.5 Å². The van der Waals surface area contributed by atoms with Crippen molar-refractivity contribution >= 4 is 41.5 Å². The normalized spacial score (nSPS) is 11.0. The van der Waals surface area contributed by atoms with Crippen molar-refractivity contribution in [3.63, 3.8) is 0 Å². The first-order chi connectivity index (χ1) is 12.1. The summed E-state index contributed by atoms with van der Waals surface area (Å²) >= 11 is 5.79. The third-order valence-electron chi connectivity index (χ3n) is 3.45. The van der Waals surface area contributed by atoms with Gasteiger partial charge in [-0.1, -0.05) is 29.8 Å². The average molecular weight is 489 g/mol. The lowest BCUT2D eigenvalue weighted by Gasteiger charge is -2.14. The Morgan fingerprint density at radius 2 is 2.00 bits per heavy atom. The van der Waals surface area contributed by atoms with E-state index in [1.807, 2.05) is 38.1 Å². The second kappa shape index (κ2) is 12.0. The summed E-state index contributed by atoms with van der Waals surface area (Å²) in [6.07, 6.45) is 2.81. The maximum atomic E-state index is 5.79. The number of rotatable bonds is 7. The van der Waals surface area contributed by atoms with Gasteiger partial charge in [0.25, 0.3) is 0 Å². The van der Waals surface area contributed by atoms with Crippen LogP contribution in [0.25, 0.3) is 0 Å². The quantitative estimate of drug-likeness (QED) is 0.267. The lowest BCUT2D eigenvalue weighted by molar-refractivity contribution is 0.242. The second-order valence-corrected chi connectivity index (χ2v) is 6.29. The van der Waals surface area contributed by atoms with Crippen LogP contribution in [0.15, 0.2) is 47.6 Å². The van der Waals surface area contributed by atoms with E-state index in [4.69, 9.17) is 16.3 Å². The van der Waals surface area contributed by atoms with Crippen molar-refractivity contribution in [2.45, 2.75) is 32.9 Å². The maximum Gasteiger partial charge on any atom is 0.191 e. The number of nitrogens with zero attached hydrogens (tertiary/aromatic N) is 2. The molecule has 1 heterocycles. The molecule has 0 unspecified atom stereocenters. The molecule has 0 saturated carbocycles. The Bertz CT molecular complexity index is 692. The SMILES string of the molecule is CN=C(NCCc1ccc(Cl)nc1)NCc1cccc(OC(C)C)c1.I. The van der Waals surface area contributed by atoms with Gasteiger partial charge in [0.15, 0.2) is 5.96 Å². The van der Waals surface area contributed by atoms with E-state index in [0.29, 0.717) is 11.7 Å². The van der Waals surface area contributed by atoms with Crippen molar-refractivity contribution in [2.75, 3.05) is 13.6 Å². The molecule has 0 atom stereocenters. The number of benzene rings is 1. The number of ether oxygens (including phenoxy) is 1. The highest BCUT2D eigenvalue weighted by Gasteiger charge is 2.02. The molecule has 0 saturated heterocycles. The first-order valence-electron chi connectivity index (χ1n) is 8.37. The first kappa shape index (κ1) is 22.5. The minimum atomic E-state index is 0. The molecule has 0 amide bonds. The molecule has 5 nitrogen and oxygen atoms in total. The third kappa shape index (κ3) is 8.23. The van der Waals surface area contributed by atoms with Crippen molar-refractivity contribution in [1.29, 1.82) is 0 Å². The Morgan fingerprint density at radius 1 is 1.19 bits per heavy atom. The van der Waals surface area contributed by atoms with Crippen molar-refractivity contribution in [3.8, 4) is 5.75 Å². The van der Waals surface area contributed by atoms with Crippen LogP contribution in [0.3, 0.4) is 0 Å². The van der Waals surface area contributed by atoms with Crippen molar-refractivity contribution in [3.05, 3.63) is 58.9 Å². The molecule has 1 aromatic carbocycles. The van der Waals surface area contributed by atoms with Gasteiger partial charge >= 0.3 is 0 Å². The zero-order chi connectivity index (χ0) is 18.1. The molecule has 0 aliphatic carbocycles. The van der Waals surface area contributed by atoms with Crippen molar-refractivity contribution in [1.82, 2.24) is 15.6 Å². The molecule has 0 aliphatic heterocycles. The molecule has 26 heavy (non-hydrogen) atoms. The summed E-state index contributed by atoms with van der Waals surface area (Å²) in [6, 6.07) is 11.9. The van der Waals surface area contributed by atoms with Crippen LogP contribution >= 0.6 is 35.6 Å². The van der Waals surface area contributed by atoms with Gasteiger partial charge in [0, 0.05) is 26.3 Å². The van der Waals surface area contributed by atoms with Gasteiger partial charge in [-0.05, 0) is 49.6 Å². The Kier molecular flexibility index (Phi) is 10.3. The van der Waals surface area contributed by atoms with Gasteiger partial charge < -0.3 is 15.4 Å². The highest BCUT2D eigenvalue weighted by Crippen LogP contribution is 2.14. The molecule has 1 aromatic heterocycles. The van der Waals surface area contributed by atoms with Crippen LogP contribution in [-0.2, 0) is 13.0 Å². The molecule has 2 N–H and O–H groups in total. The van der Waals surface area contributed by atoms with Gasteiger partial charge in [-0.2, -0.15) is 0 Å². The minimum absolute atomic E-state index is 0. The van der Waals surface area contributed by atoms with E-state index in [9.17, 15) is 0 Å². The highest BCUT2D eigenvalue weighted by atomic mass is 127. The number of hydrogen-bond donors (Lipinski definition) is 2. The van der Waals surface area contributed by atoms with Crippen LogP contribution in [0.5, 0.6) is 5.75 Å². The van der Waals surface area contributed by atoms with Gasteiger partial charge in [-0.15, -0.1) is 24.0 Å². The second-order valence-electron chi connectivity index (χ2n) is 5.91. The molecule has 0 fully saturated rings. The van der Waals surface area contributed by atoms with Crippen molar-refractivity contribution < 1.29 is 4.74 Å². The summed E-state index contributed by atoms with van der Waals surface area (Å²) in [7, 11) is 1.76. The molecular formula is C19H26ClIN4O. The number of nitrogens with one attached hydrogen (secondary N) is 2. The number of halogens is 2. The predicted molar refractivity (Wildman–Crippen MR) is 119 cm³/mol. The molecular weight excluding hydrogens is 463 g/mol. The van der Waals surface area contributed by atoms with Crippen LogP contribution in [0.1, 0.15) is 25.0 Å². The first-order valence-corrected chi connectivity index (χ1v) is 8.75. The lowest BCUT2D eigenvalue weighted by atomic mass is 10.2. The predicted octanol–water partition coefficient (Wildman–Crippen LogP) is 4.05. The highest BCUT2D eigenvalue weighted by molar-refractivity contribution is 14.0. The number of guanidine groups is 1. The molecule has 0 aliphatic rings. The Balaban J connectivity index is 0.00000338. The Labute approximate surface area is 177 Å². The van der Waals surface area contributed by atoms with Crippen LogP contribution in [0, 0.1) is 0 Å². The third-order valence-corrected chi connectivity index (χ3v) is 3.67. The fourth-order valence-electron chi connectivity index (χ4n) is 2.29. The molecule has 7 heteroatoms. The zero-order valence-electron chi connectivity index (χ0n) is 15.3. The van der Waals surface area contributed by atoms with Crippen LogP contribution < -0.4 is 15.4 Å². The summed E-state index contributed by atoms with van der Waals surface area (Å²) in [5.74, 6) is 1.64. The summed E-state index contributed by atoms with van der Waals surface area (Å²) in [5.41, 5.74) is 2.27. The zero-order valence-corrected chi connectivity index (χ0v) is 18.4. The molecule has 0 radical (unpaired) electrons. The smallest absolute Gasteiger partial charge is 0.191 e. The molecule has 142 valence electrons. The molecule has 2 rings (SSSR count). The number of aromatic nitrogens is 1. The molecule has 0 spiro atoms. The van der Waals surface area contributed by atoms with Gasteiger partial charge in [0.1, 0.15) is 10.9 Å². The van der Waals surface area contributed by atoms with Gasteiger partial charge in [0.2, 0.25) is 0 Å². The van der Waals surface area contributed by atoms with Crippen LogP contribution in [-0.4, -0.2) is 30.6 Å². The van der Waals surface area contributed by atoms with E-state index >= 15 is 0 Å². The van der Waals surface area contributed by atoms with Crippen LogP contribution in [0.4, 0.5) is 0 Å². The monoisotopic (exact) mass is 488 g/mol. The van der Waals surface area contributed by atoms with Crippen LogP contribution in [0.2, 0.25) is 5.15 Å². The van der Waals surface area contributed by atoms with E-state index in [0.717, 1.165) is 35.8 Å². The summed E-state index contributed by atoms with van der Waals surface area (Å²) in [6.45, 7) is 5.48. The van der Waals surface area contributed by atoms with E-state index in [1.165, 1.54) is 0 Å². The van der Waals surface area contributed by atoms with E-state index < -0.39 is 0 Å². The van der Waals surface area contributed by atoms with E-state index in [-0.39, 0.29) is 30.1 Å². The van der Waals surface area contributed by atoms with E-state index in [2.05, 4.69) is 26.7 Å². The average Bonchev–Trinajstić information content (AvgIpc) is 2.59. The minimum Gasteiger partial charge on any atom is -0.491 e. The molecule has 0 bridgehead atoms. The fraction of sp³-hybridized carbons (Fsp3) is 0.368. The number of pyridine rings is 1. The fourth-order valence-corrected chi connectivity index (χ4v) is 2.40. The van der Waals surface area contributed by atoms with Crippen molar-refractivity contribution in [2.24, 2.45) is 4.99 Å². The summed E-state index contributed by atoms with van der Waals surface area (Å²) in [4.78, 5) is 8.33. The Hall–Kier alpha value is -1.54. The van der Waals surface area contributed by atoms with Gasteiger partial charge in [-0.25, -0.2) is 4.98 Å². The standard InChI is InChI=1S/C19H25ClN4O.HI/c1-14(2)25-17-6-4-5-16(11-17)13-24-19(21-3)22-10-9-15-7-8-18(20)23-12-15;/h4-8,11-12,14H,9-10,13H2,1-3H3,(H2,21,22,24);1H. The number of aliphatic imine (C=N–C) groups is 1. The summed E-state index contributed by atoms with van der Waals surface area (Å²) < 4.78 is 5.72. The summed E-state index contributed by atoms with van der Waals surface area (Å²) in [5, 5.41) is 7.12. The largest absolute Gasteiger partial charge is 0.491 e. The Morgan fingerprint density at radius 3 is 2.65 bits per heavy atom. The van der Waals surface area contributed by atoms with E-state index in [1.54, 1.807) is 19.3 Å². The molecule has 2 aromatic rings. The van der Waals surface area contributed by atoms with Gasteiger partial charge in [-0.3, -0.25) is 4.99 Å². The lowest BCUT2D eigenvalue weighted by Crippen LogP contribution is -2.37. The van der Waals surface area contributed by atoms with Gasteiger partial charge in [0.05, 0.1) is 6.10 Å². The maximum absolute atomic E-state index is 5.79.